The number of unbranched alkanes of at least 4 members (excludes halogenated alkanes) is 9. The van der Waals surface area contributed by atoms with Crippen molar-refractivity contribution in [1.29, 1.82) is 0 Å². The molecule has 37 heavy (non-hydrogen) atoms. The summed E-state index contributed by atoms with van der Waals surface area (Å²) in [5.41, 5.74) is 6.40. The maximum absolute atomic E-state index is 2.57. The normalized spacial score (nSPS) is 14.0. The zero-order valence-electron chi connectivity index (χ0n) is 25.4. The second-order valence-electron chi connectivity index (χ2n) is 12.3. The van der Waals surface area contributed by atoms with Crippen molar-refractivity contribution in [2.75, 3.05) is 0 Å². The van der Waals surface area contributed by atoms with Gasteiger partial charge in [0.2, 0.25) is 0 Å². The predicted octanol–water partition coefficient (Wildman–Crippen LogP) is 11.8. The van der Waals surface area contributed by atoms with Gasteiger partial charge in [-0.3, -0.25) is 0 Å². The lowest BCUT2D eigenvalue weighted by Gasteiger charge is -2.32. The summed E-state index contributed by atoms with van der Waals surface area (Å²) in [5.74, 6) is 0.800. The van der Waals surface area contributed by atoms with E-state index >= 15 is 0 Å². The summed E-state index contributed by atoms with van der Waals surface area (Å²) in [7, 11) is 0. The molecule has 0 saturated heterocycles. The Balaban J connectivity index is 1.80. The summed E-state index contributed by atoms with van der Waals surface area (Å²) < 4.78 is 0. The van der Waals surface area contributed by atoms with Crippen LogP contribution in [0.3, 0.4) is 0 Å². The van der Waals surface area contributed by atoms with Crippen molar-refractivity contribution >= 4 is 0 Å². The van der Waals surface area contributed by atoms with Crippen molar-refractivity contribution in [1.82, 2.24) is 0 Å². The van der Waals surface area contributed by atoms with E-state index in [1.54, 1.807) is 5.56 Å². The standard InChI is InChI=1S/C37H60/c1-6-9-10-11-12-13-14-15-16-17-28-37(5,36-25-19-23-34(8-3)31-36)29-20-21-32(4)26-27-35-24-18-22-33(7-2)30-35/h18-19,22-25,30-32H,6-17,20-21,26-29H2,1-5H3. The van der Waals surface area contributed by atoms with Crippen LogP contribution in [0.1, 0.15) is 153 Å². The van der Waals surface area contributed by atoms with E-state index in [1.165, 1.54) is 119 Å². The van der Waals surface area contributed by atoms with Crippen LogP contribution in [0, 0.1) is 5.92 Å². The van der Waals surface area contributed by atoms with Crippen molar-refractivity contribution in [2.45, 2.75) is 156 Å². The highest BCUT2D eigenvalue weighted by Gasteiger charge is 2.26. The van der Waals surface area contributed by atoms with Gasteiger partial charge in [0, 0.05) is 0 Å². The first-order valence-corrected chi connectivity index (χ1v) is 16.2. The summed E-state index contributed by atoms with van der Waals surface area (Å²) in [6.45, 7) is 11.9. The number of hydrogen-bond acceptors (Lipinski definition) is 0. The lowest BCUT2D eigenvalue weighted by Crippen LogP contribution is -2.22. The van der Waals surface area contributed by atoms with Gasteiger partial charge < -0.3 is 0 Å². The minimum atomic E-state index is 0.320. The third-order valence-corrected chi connectivity index (χ3v) is 8.87. The zero-order chi connectivity index (χ0) is 26.8. The summed E-state index contributed by atoms with van der Waals surface area (Å²) in [5, 5.41) is 0. The molecule has 2 rings (SSSR count). The minimum Gasteiger partial charge on any atom is -0.0654 e. The molecule has 0 aromatic heterocycles. The number of rotatable bonds is 21. The number of hydrogen-bond donors (Lipinski definition) is 0. The molecule has 0 N–H and O–H groups in total. The first kappa shape index (κ1) is 31.7. The quantitative estimate of drug-likeness (QED) is 0.148. The molecule has 0 bridgehead atoms. The first-order valence-electron chi connectivity index (χ1n) is 16.2. The molecule has 208 valence electrons. The lowest BCUT2D eigenvalue weighted by atomic mass is 9.73. The molecule has 0 saturated carbocycles. The second kappa shape index (κ2) is 18.7. The maximum Gasteiger partial charge on any atom is -0.00751 e. The van der Waals surface area contributed by atoms with E-state index in [-0.39, 0.29) is 0 Å². The Morgan fingerprint density at radius 1 is 0.595 bits per heavy atom. The molecule has 2 atom stereocenters. The van der Waals surface area contributed by atoms with Crippen LogP contribution in [-0.2, 0) is 24.7 Å². The molecular weight excluding hydrogens is 444 g/mol. The summed E-state index contributed by atoms with van der Waals surface area (Å²) >= 11 is 0. The van der Waals surface area contributed by atoms with Crippen LogP contribution in [0.25, 0.3) is 0 Å². The predicted molar refractivity (Wildman–Crippen MR) is 167 cm³/mol. The largest absolute Gasteiger partial charge is 0.0654 e. The Bertz CT molecular complexity index is 833. The fraction of sp³-hybridized carbons (Fsp3) is 0.676. The van der Waals surface area contributed by atoms with E-state index in [0.717, 1.165) is 18.8 Å². The highest BCUT2D eigenvalue weighted by atomic mass is 14.3. The monoisotopic (exact) mass is 504 g/mol. The first-order chi connectivity index (χ1) is 18.0. The van der Waals surface area contributed by atoms with E-state index in [4.69, 9.17) is 0 Å². The lowest BCUT2D eigenvalue weighted by molar-refractivity contribution is 0.346. The van der Waals surface area contributed by atoms with Crippen LogP contribution in [0.15, 0.2) is 48.5 Å². The van der Waals surface area contributed by atoms with Crippen molar-refractivity contribution in [3.63, 3.8) is 0 Å². The van der Waals surface area contributed by atoms with Gasteiger partial charge in [-0.05, 0) is 72.1 Å². The van der Waals surface area contributed by atoms with Crippen LogP contribution >= 0.6 is 0 Å². The zero-order valence-corrected chi connectivity index (χ0v) is 25.4. The van der Waals surface area contributed by atoms with Crippen molar-refractivity contribution in [3.8, 4) is 0 Å². The Morgan fingerprint density at radius 2 is 1.14 bits per heavy atom. The van der Waals surface area contributed by atoms with Gasteiger partial charge in [-0.25, -0.2) is 0 Å². The van der Waals surface area contributed by atoms with Gasteiger partial charge in [-0.15, -0.1) is 0 Å². The summed E-state index contributed by atoms with van der Waals surface area (Å²) in [4.78, 5) is 0. The topological polar surface area (TPSA) is 0 Å². The van der Waals surface area contributed by atoms with Gasteiger partial charge in [0.15, 0.2) is 0 Å². The summed E-state index contributed by atoms with van der Waals surface area (Å²) in [6.07, 6.45) is 24.4. The van der Waals surface area contributed by atoms with Crippen molar-refractivity contribution < 1.29 is 0 Å². The molecule has 0 aliphatic carbocycles. The van der Waals surface area contributed by atoms with Gasteiger partial charge in [0.25, 0.3) is 0 Å². The molecule has 0 radical (unpaired) electrons. The molecule has 2 unspecified atom stereocenters. The van der Waals surface area contributed by atoms with Crippen LogP contribution in [-0.4, -0.2) is 0 Å². The van der Waals surface area contributed by atoms with E-state index in [2.05, 4.69) is 83.1 Å². The van der Waals surface area contributed by atoms with E-state index in [1.807, 2.05) is 0 Å². The third-order valence-electron chi connectivity index (χ3n) is 8.87. The molecule has 2 aromatic rings. The Morgan fingerprint density at radius 3 is 1.78 bits per heavy atom. The summed E-state index contributed by atoms with van der Waals surface area (Å²) in [6, 6.07) is 18.8. The minimum absolute atomic E-state index is 0.320. The van der Waals surface area contributed by atoms with Gasteiger partial charge in [0.1, 0.15) is 0 Å². The molecule has 0 amide bonds. The van der Waals surface area contributed by atoms with Crippen LogP contribution in [0.2, 0.25) is 0 Å². The molecule has 0 aliphatic heterocycles. The Hall–Kier alpha value is -1.56. The number of aryl methyl sites for hydroxylation is 3. The molecule has 0 heteroatoms. The van der Waals surface area contributed by atoms with Crippen molar-refractivity contribution in [3.05, 3.63) is 70.8 Å². The average molecular weight is 505 g/mol. The fourth-order valence-corrected chi connectivity index (χ4v) is 5.99. The third kappa shape index (κ3) is 12.7. The SMILES string of the molecule is CCCCCCCCCCCCC(C)(CCCC(C)CCc1cccc(CC)c1)c1cccc(CC)c1. The highest BCUT2D eigenvalue weighted by Crippen LogP contribution is 2.36. The van der Waals surface area contributed by atoms with E-state index in [9.17, 15) is 0 Å². The second-order valence-corrected chi connectivity index (χ2v) is 12.3. The van der Waals surface area contributed by atoms with Gasteiger partial charge in [-0.1, -0.05) is 160 Å². The van der Waals surface area contributed by atoms with Gasteiger partial charge >= 0.3 is 0 Å². The highest BCUT2D eigenvalue weighted by molar-refractivity contribution is 5.30. The van der Waals surface area contributed by atoms with Gasteiger partial charge in [0.05, 0.1) is 0 Å². The van der Waals surface area contributed by atoms with E-state index < -0.39 is 0 Å². The van der Waals surface area contributed by atoms with Crippen LogP contribution in [0.4, 0.5) is 0 Å². The molecule has 0 spiro atoms. The van der Waals surface area contributed by atoms with Crippen LogP contribution in [0.5, 0.6) is 0 Å². The van der Waals surface area contributed by atoms with E-state index in [0.29, 0.717) is 5.41 Å². The molecule has 0 nitrogen and oxygen atoms in total. The molecule has 0 heterocycles. The molecule has 0 fully saturated rings. The fourth-order valence-electron chi connectivity index (χ4n) is 5.99. The Kier molecular flexibility index (Phi) is 16.0. The maximum atomic E-state index is 2.57. The Labute approximate surface area is 232 Å². The number of benzene rings is 2. The smallest absolute Gasteiger partial charge is 0.00751 e. The van der Waals surface area contributed by atoms with Gasteiger partial charge in [-0.2, -0.15) is 0 Å². The van der Waals surface area contributed by atoms with Crippen molar-refractivity contribution in [2.24, 2.45) is 5.92 Å². The molecular formula is C37H60. The molecule has 2 aromatic carbocycles. The van der Waals surface area contributed by atoms with Crippen LogP contribution < -0.4 is 0 Å². The average Bonchev–Trinajstić information content (AvgIpc) is 2.93. The molecule has 0 aliphatic rings.